The molecule has 0 saturated carbocycles. The summed E-state index contributed by atoms with van der Waals surface area (Å²) in [6, 6.07) is 0. The first-order valence-electron chi connectivity index (χ1n) is 37.6. The van der Waals surface area contributed by atoms with Crippen LogP contribution in [0.5, 0.6) is 0 Å². The molecule has 0 bridgehead atoms. The lowest BCUT2D eigenvalue weighted by Gasteiger charge is -2.21. The van der Waals surface area contributed by atoms with E-state index in [1.165, 1.54) is 0 Å². The maximum absolute atomic E-state index is 13.1. The number of esters is 4. The quantitative estimate of drug-likeness (QED) is 0.0169. The van der Waals surface area contributed by atoms with Crippen molar-refractivity contribution in [2.75, 3.05) is 39.6 Å². The number of ether oxygens (including phenoxy) is 4. The predicted molar refractivity (Wildman–Crippen MR) is 426 cm³/mol. The third-order valence-electron chi connectivity index (χ3n) is 14.2. The Labute approximate surface area is 625 Å². The minimum Gasteiger partial charge on any atom is -0.462 e. The predicted octanol–water partition coefficient (Wildman–Crippen LogP) is 21.9. The number of carbonyl (C=O) groups is 4. The van der Waals surface area contributed by atoms with Crippen LogP contribution >= 0.6 is 15.6 Å². The van der Waals surface area contributed by atoms with Crippen LogP contribution in [0.1, 0.15) is 220 Å². The Kier molecular flexibility index (Phi) is 69.5. The van der Waals surface area contributed by atoms with Gasteiger partial charge in [0.2, 0.25) is 0 Å². The van der Waals surface area contributed by atoms with Crippen molar-refractivity contribution in [1.82, 2.24) is 0 Å². The maximum Gasteiger partial charge on any atom is 0.472 e. The average Bonchev–Trinajstić information content (AvgIpc) is 0.912. The van der Waals surface area contributed by atoms with Crippen molar-refractivity contribution < 1.29 is 80.2 Å². The number of hydrogen-bond acceptors (Lipinski definition) is 15. The first-order chi connectivity index (χ1) is 50.7. The van der Waals surface area contributed by atoms with Crippen LogP contribution < -0.4 is 0 Å². The third kappa shape index (κ3) is 73.4. The molecule has 5 atom stereocenters. The van der Waals surface area contributed by atoms with E-state index in [1.807, 2.05) is 36.5 Å². The molecule has 0 saturated heterocycles. The van der Waals surface area contributed by atoms with Gasteiger partial charge in [-0.3, -0.25) is 37.3 Å². The molecule has 0 aliphatic carbocycles. The number of aliphatic hydroxyl groups excluding tert-OH is 1. The van der Waals surface area contributed by atoms with Gasteiger partial charge in [-0.25, -0.2) is 9.13 Å². The lowest BCUT2D eigenvalue weighted by atomic mass is 10.1. The normalized spacial score (nSPS) is 15.2. The van der Waals surface area contributed by atoms with E-state index >= 15 is 0 Å². The second-order valence-corrected chi connectivity index (χ2v) is 26.7. The number of unbranched alkanes of at least 4 members (excludes halogenated alkanes) is 6. The van der Waals surface area contributed by atoms with E-state index in [1.54, 1.807) is 36.5 Å². The average molecular weight is 1480 g/mol. The standard InChI is InChI=1S/C85H128O17P2/c1-5-9-13-17-21-25-29-33-37-38-39-40-44-46-50-54-58-62-66-70-83(88)96-76-81(102-85(90)72-68-64-60-56-52-48-43-36-32-28-24-20-16-12-8-4)78-100-104(93,94)98-74-79(86)73-97-103(91,92)99-77-80(101-84(89)71-67-63-59-55-51-47-42-35-31-27-23-19-15-11-7-3)75-95-82(87)69-65-61-57-53-49-45-41-34-30-26-22-18-14-10-6-2/h9-16,21-28,33-37,39-43,49,51-53,55-56,61,63-65,67-68,79-81,86H,5-8,17-20,29-32,38,44-48,50,54,57-60,62,66,69-78H2,1-4H3,(H,91,92)(H,93,94)/b13-9-,14-10-,15-11-,16-12-,25-21-,26-22-,27-23-,28-24-,37-33-,40-39-,41-34-,42-35-,43-36-,53-49-,55-51-,56-52-,65-61-,67-63-,68-64-. The Hall–Kier alpha value is -6.88. The van der Waals surface area contributed by atoms with Gasteiger partial charge in [-0.15, -0.1) is 0 Å². The fourth-order valence-corrected chi connectivity index (χ4v) is 10.2. The molecule has 0 aliphatic rings. The molecule has 3 N–H and O–H groups in total. The highest BCUT2D eigenvalue weighted by atomic mass is 31.2. The van der Waals surface area contributed by atoms with Gasteiger partial charge in [0.05, 0.1) is 45.7 Å². The Morgan fingerprint density at radius 2 is 0.510 bits per heavy atom. The van der Waals surface area contributed by atoms with Gasteiger partial charge in [0, 0.05) is 6.42 Å². The highest BCUT2D eigenvalue weighted by molar-refractivity contribution is 7.47. The van der Waals surface area contributed by atoms with Crippen LogP contribution in [0.2, 0.25) is 0 Å². The summed E-state index contributed by atoms with van der Waals surface area (Å²) in [7, 11) is -10.1. The fraction of sp³-hybridized carbons (Fsp3) is 0.506. The Bertz CT molecular complexity index is 2890. The first kappa shape index (κ1) is 97.1. The Morgan fingerprint density at radius 3 is 0.808 bits per heavy atom. The van der Waals surface area contributed by atoms with E-state index in [4.69, 9.17) is 37.0 Å². The third-order valence-corrected chi connectivity index (χ3v) is 16.1. The largest absolute Gasteiger partial charge is 0.472 e. The number of phosphoric acid groups is 2. The molecular formula is C85H128O17P2. The molecule has 0 heterocycles. The first-order valence-corrected chi connectivity index (χ1v) is 40.6. The summed E-state index contributed by atoms with van der Waals surface area (Å²) >= 11 is 0. The lowest BCUT2D eigenvalue weighted by Crippen LogP contribution is -2.30. The highest BCUT2D eigenvalue weighted by Gasteiger charge is 2.30. The van der Waals surface area contributed by atoms with Gasteiger partial charge in [-0.05, 0) is 141 Å². The van der Waals surface area contributed by atoms with Gasteiger partial charge in [0.15, 0.2) is 12.2 Å². The summed E-state index contributed by atoms with van der Waals surface area (Å²) in [6.45, 7) is 3.98. The van der Waals surface area contributed by atoms with Gasteiger partial charge in [-0.1, -0.05) is 284 Å². The minimum atomic E-state index is -5.04. The van der Waals surface area contributed by atoms with Crippen LogP contribution in [0.15, 0.2) is 231 Å². The smallest absolute Gasteiger partial charge is 0.462 e. The van der Waals surface area contributed by atoms with Gasteiger partial charge >= 0.3 is 39.5 Å². The number of phosphoric ester groups is 2. The zero-order valence-electron chi connectivity index (χ0n) is 63.1. The molecular weight excluding hydrogens is 1350 g/mol. The topological polar surface area (TPSA) is 237 Å². The SMILES string of the molecule is CC/C=C\C/C=C\C/C=C\C/C=C\C/C=C\CC(=O)OCC(COP(=O)(O)OCC(O)COP(=O)(O)OCC(COC(=O)CCCCCCCC/C=C\C/C=C\C/C=C\C/C=C\CC)OC(=O)C/C=C\C/C=C\C/C=C\C/C=C\C/C=C\CC)OC(=O)C/C=C\C/C=C\C/C=C\C/C=C\C/C=C\CC. The fourth-order valence-electron chi connectivity index (χ4n) is 8.67. The van der Waals surface area contributed by atoms with E-state index in [0.29, 0.717) is 25.7 Å². The molecule has 17 nitrogen and oxygen atoms in total. The highest BCUT2D eigenvalue weighted by Crippen LogP contribution is 2.45. The monoisotopic (exact) mass is 1480 g/mol. The molecule has 580 valence electrons. The van der Waals surface area contributed by atoms with Crippen molar-refractivity contribution in [2.45, 2.75) is 239 Å². The van der Waals surface area contributed by atoms with Gasteiger partial charge in [-0.2, -0.15) is 0 Å². The van der Waals surface area contributed by atoms with Crippen molar-refractivity contribution in [3.63, 3.8) is 0 Å². The summed E-state index contributed by atoms with van der Waals surface area (Å²) in [4.78, 5) is 72.7. The summed E-state index contributed by atoms with van der Waals surface area (Å²) in [6.07, 6.45) is 95.7. The molecule has 104 heavy (non-hydrogen) atoms. The van der Waals surface area contributed by atoms with E-state index in [0.717, 1.165) is 141 Å². The summed E-state index contributed by atoms with van der Waals surface area (Å²) in [5, 5.41) is 10.6. The van der Waals surface area contributed by atoms with Crippen LogP contribution in [-0.4, -0.2) is 96.7 Å². The maximum atomic E-state index is 13.1. The van der Waals surface area contributed by atoms with Crippen LogP contribution in [0.25, 0.3) is 0 Å². The second kappa shape index (κ2) is 74.4. The van der Waals surface area contributed by atoms with Crippen molar-refractivity contribution >= 4 is 39.5 Å². The number of aliphatic hydroxyl groups is 1. The van der Waals surface area contributed by atoms with Crippen molar-refractivity contribution in [3.05, 3.63) is 231 Å². The molecule has 0 aromatic carbocycles. The molecule has 0 fully saturated rings. The number of rotatable bonds is 67. The van der Waals surface area contributed by atoms with E-state index in [2.05, 4.69) is 186 Å². The van der Waals surface area contributed by atoms with Gasteiger partial charge < -0.3 is 33.8 Å². The summed E-state index contributed by atoms with van der Waals surface area (Å²) in [5.41, 5.74) is 0. The lowest BCUT2D eigenvalue weighted by molar-refractivity contribution is -0.160. The van der Waals surface area contributed by atoms with Gasteiger partial charge in [0.1, 0.15) is 19.3 Å². The van der Waals surface area contributed by atoms with Crippen LogP contribution in [0, 0.1) is 0 Å². The van der Waals surface area contributed by atoms with E-state index < -0.39 is 97.5 Å². The van der Waals surface area contributed by atoms with Crippen LogP contribution in [0.4, 0.5) is 0 Å². The Balaban J connectivity index is 5.60. The van der Waals surface area contributed by atoms with Gasteiger partial charge in [0.25, 0.3) is 0 Å². The van der Waals surface area contributed by atoms with Crippen molar-refractivity contribution in [3.8, 4) is 0 Å². The summed E-state index contributed by atoms with van der Waals surface area (Å²) < 4.78 is 68.0. The second-order valence-electron chi connectivity index (χ2n) is 23.8. The number of allylic oxidation sites excluding steroid dienone is 35. The molecule has 19 heteroatoms. The summed E-state index contributed by atoms with van der Waals surface area (Å²) in [5.74, 6) is -2.68. The minimum absolute atomic E-state index is 0.103. The zero-order chi connectivity index (χ0) is 76.0. The van der Waals surface area contributed by atoms with E-state index in [-0.39, 0.29) is 25.7 Å². The van der Waals surface area contributed by atoms with Crippen LogP contribution in [-0.2, 0) is 65.4 Å². The molecule has 0 aromatic heterocycles. The van der Waals surface area contributed by atoms with E-state index in [9.17, 15) is 43.2 Å². The molecule has 0 aliphatic heterocycles. The molecule has 0 rings (SSSR count). The zero-order valence-corrected chi connectivity index (χ0v) is 64.9. The van der Waals surface area contributed by atoms with Crippen molar-refractivity contribution in [1.29, 1.82) is 0 Å². The molecule has 0 amide bonds. The van der Waals surface area contributed by atoms with Crippen LogP contribution in [0.3, 0.4) is 0 Å². The number of hydrogen-bond donors (Lipinski definition) is 3. The Morgan fingerprint density at radius 1 is 0.279 bits per heavy atom. The number of carbonyl (C=O) groups excluding carboxylic acids is 4. The van der Waals surface area contributed by atoms with Crippen molar-refractivity contribution in [2.24, 2.45) is 0 Å². The molecule has 0 spiro atoms. The molecule has 0 aromatic rings. The molecule has 0 radical (unpaired) electrons. The molecule has 5 unspecified atom stereocenters.